The maximum absolute atomic E-state index is 10.6. The van der Waals surface area contributed by atoms with Gasteiger partial charge in [0.05, 0.1) is 32.4 Å². The Bertz CT molecular complexity index is 467. The van der Waals surface area contributed by atoms with Crippen LogP contribution >= 0.6 is 0 Å². The monoisotopic (exact) mass is 506 g/mol. The van der Waals surface area contributed by atoms with Crippen LogP contribution in [-0.2, 0) is 53.1 Å². The van der Waals surface area contributed by atoms with Crippen LogP contribution in [0.15, 0.2) is 0 Å². The molecule has 5 N–H and O–H groups in total. The first kappa shape index (κ1) is 35.0. The van der Waals surface area contributed by atoms with Crippen LogP contribution in [0, 0.1) is 20.0 Å². The van der Waals surface area contributed by atoms with E-state index in [4.69, 9.17) is 38.7 Å². The molecule has 1 saturated heterocycles. The summed E-state index contributed by atoms with van der Waals surface area (Å²) in [5, 5.41) is 45.5. The van der Waals surface area contributed by atoms with Gasteiger partial charge in [0.2, 0.25) is 0 Å². The van der Waals surface area contributed by atoms with Gasteiger partial charge in [0.25, 0.3) is 0 Å². The third-order valence-electron chi connectivity index (χ3n) is 3.14. The van der Waals surface area contributed by atoms with Gasteiger partial charge in [-0.3, -0.25) is 14.5 Å². The number of aliphatic carboxylic acids is 2. The molecule has 0 unspecified atom stereocenters. The zero-order valence-electron chi connectivity index (χ0n) is 15.0. The number of rotatable bonds is 9. The summed E-state index contributed by atoms with van der Waals surface area (Å²) in [5.41, 5.74) is 0. The quantitative estimate of drug-likeness (QED) is 0.160. The normalized spacial score (nSPS) is 22.0. The van der Waals surface area contributed by atoms with E-state index in [1.54, 1.807) is 0 Å². The Hall–Kier alpha value is -1.43. The van der Waals surface area contributed by atoms with Crippen LogP contribution in [0.5, 0.6) is 0 Å². The molecule has 0 spiro atoms. The number of ether oxygens (including phenoxy) is 2. The molecule has 0 radical (unpaired) electrons. The van der Waals surface area contributed by atoms with Crippen molar-refractivity contribution < 1.29 is 78.7 Å². The Labute approximate surface area is 179 Å². The summed E-state index contributed by atoms with van der Waals surface area (Å²) in [6, 6.07) is 0. The third kappa shape index (κ3) is 17.2. The average Bonchev–Trinajstić information content (AvgIpc) is 2.68. The Morgan fingerprint density at radius 2 is 1.48 bits per heavy atom. The van der Waals surface area contributed by atoms with Crippen molar-refractivity contribution in [3.05, 3.63) is 20.0 Å². The molecule has 0 aromatic carbocycles. The fourth-order valence-corrected chi connectivity index (χ4v) is 2.08. The van der Waals surface area contributed by atoms with E-state index in [0.29, 0.717) is 0 Å². The summed E-state index contributed by atoms with van der Waals surface area (Å²) < 4.78 is 33.0. The number of carbonyl (C=O) groups is 2. The first-order valence-electron chi connectivity index (χ1n) is 7.34. The zero-order chi connectivity index (χ0) is 22.7. The van der Waals surface area contributed by atoms with E-state index in [1.807, 2.05) is 0 Å². The molecule has 1 aliphatic heterocycles. The molecule has 1 aliphatic rings. The summed E-state index contributed by atoms with van der Waals surface area (Å²) in [7, 11) is 0. The van der Waals surface area contributed by atoms with Crippen molar-refractivity contribution in [3.8, 4) is 0 Å². The summed E-state index contributed by atoms with van der Waals surface area (Å²) in [6.45, 7) is 12.2. The molecule has 0 aromatic heterocycles. The van der Waals surface area contributed by atoms with Gasteiger partial charge in [0.1, 0.15) is 12.2 Å². The molecule has 0 saturated carbocycles. The molecular formula is C15H21NO12Tc+7. The molecule has 29 heavy (non-hydrogen) atoms. The second kappa shape index (κ2) is 22.9. The number of hydrogen-bond acceptors (Lipinski definition) is 8. The van der Waals surface area contributed by atoms with Crippen molar-refractivity contribution in [3.63, 3.8) is 0 Å². The Morgan fingerprint density at radius 1 is 1.03 bits per heavy atom. The minimum atomic E-state index is -1.21. The molecule has 1 heterocycles. The van der Waals surface area contributed by atoms with Gasteiger partial charge in [-0.15, -0.1) is 0 Å². The average molecular weight is 506 g/mol. The van der Waals surface area contributed by atoms with Crippen LogP contribution in [0.1, 0.15) is 6.42 Å². The number of carboxylic acids is 2. The SMILES string of the molecule is O=C(O)CN(CCO[C@@H]1C[C@@H](O)[C@H](O)[C@@H](CO)O1)CC(=O)O.[99Tc+7].[C-]#[O+].[C-]#[O+].[C-]#[O+]. The molecule has 4 atom stereocenters. The minimum absolute atomic E-state index is 0. The van der Waals surface area contributed by atoms with Crippen molar-refractivity contribution in [1.29, 1.82) is 0 Å². The topological polar surface area (TPSA) is 217 Å². The Balaban J connectivity index is -0.000000407. The van der Waals surface area contributed by atoms with Gasteiger partial charge in [-0.2, -0.15) is 0 Å². The van der Waals surface area contributed by atoms with Gasteiger partial charge in [-0.05, 0) is 0 Å². The van der Waals surface area contributed by atoms with Crippen molar-refractivity contribution in [2.24, 2.45) is 0 Å². The van der Waals surface area contributed by atoms with Crippen molar-refractivity contribution in [2.75, 3.05) is 32.8 Å². The number of hydrogen-bond donors (Lipinski definition) is 5. The van der Waals surface area contributed by atoms with Gasteiger partial charge in [0.15, 0.2) is 6.29 Å². The van der Waals surface area contributed by atoms with Crippen LogP contribution in [-0.4, -0.2) is 99.8 Å². The molecule has 0 aromatic rings. The molecule has 13 nitrogen and oxygen atoms in total. The number of aliphatic hydroxyl groups excluding tert-OH is 3. The van der Waals surface area contributed by atoms with E-state index < -0.39 is 56.2 Å². The van der Waals surface area contributed by atoms with Gasteiger partial charge in [0, 0.05) is 13.0 Å². The molecular weight excluding hydrogens is 485 g/mol. The molecule has 1 fully saturated rings. The fourth-order valence-electron chi connectivity index (χ4n) is 2.08. The van der Waals surface area contributed by atoms with E-state index >= 15 is 0 Å². The number of aliphatic hydroxyl groups is 3. The predicted molar refractivity (Wildman–Crippen MR) is 81.8 cm³/mol. The second-order valence-electron chi connectivity index (χ2n) is 4.95. The summed E-state index contributed by atoms with van der Waals surface area (Å²) in [4.78, 5) is 22.4. The predicted octanol–water partition coefficient (Wildman–Crippen LogP) is -2.81. The van der Waals surface area contributed by atoms with Crippen molar-refractivity contribution >= 4 is 11.9 Å². The summed E-state index contributed by atoms with van der Waals surface area (Å²) in [5.74, 6) is -2.32. The van der Waals surface area contributed by atoms with Crippen molar-refractivity contribution in [2.45, 2.75) is 31.0 Å². The molecule has 158 valence electrons. The number of carboxylic acid groups (broad SMARTS) is 2. The van der Waals surface area contributed by atoms with Gasteiger partial charge < -0.3 is 35.0 Å². The Kier molecular flexibility index (Phi) is 27.6. The van der Waals surface area contributed by atoms with E-state index in [-0.39, 0.29) is 39.7 Å². The van der Waals surface area contributed by atoms with Crippen LogP contribution < -0.4 is 0 Å². The summed E-state index contributed by atoms with van der Waals surface area (Å²) >= 11 is 0. The molecule has 0 bridgehead atoms. The van der Waals surface area contributed by atoms with E-state index in [2.05, 4.69) is 20.0 Å². The van der Waals surface area contributed by atoms with E-state index in [1.165, 1.54) is 4.90 Å². The summed E-state index contributed by atoms with van der Waals surface area (Å²) in [6.07, 6.45) is -4.16. The Morgan fingerprint density at radius 3 is 1.86 bits per heavy atom. The zero-order valence-corrected chi connectivity index (χ0v) is 16.8. The van der Waals surface area contributed by atoms with Crippen LogP contribution in [0.2, 0.25) is 0 Å². The molecule has 0 aliphatic carbocycles. The van der Waals surface area contributed by atoms with Crippen LogP contribution in [0.4, 0.5) is 0 Å². The number of nitrogens with zero attached hydrogens (tertiary/aromatic N) is 1. The first-order valence-corrected chi connectivity index (χ1v) is 7.34. The van der Waals surface area contributed by atoms with Crippen LogP contribution in [0.25, 0.3) is 0 Å². The maximum atomic E-state index is 10.6. The van der Waals surface area contributed by atoms with Gasteiger partial charge >= 0.3 is 66.0 Å². The second-order valence-corrected chi connectivity index (χ2v) is 4.95. The van der Waals surface area contributed by atoms with Crippen LogP contribution in [0.3, 0.4) is 0 Å². The fraction of sp³-hybridized carbons (Fsp3) is 0.667. The molecule has 1 rings (SSSR count). The standard InChI is InChI=1S/C12H21NO9.3CO.Tc/c14-6-8-12(20)7(15)3-11(22-8)21-2-1-13(4-9(16)17)5-10(18)19;3*1-2;/h7-8,11-12,14-15,20H,1-6H2,(H,16,17)(H,18,19);;;;/q;;;;+7/t7-,8-,11+,12+;;;;/m1..../s1/i;;;;1+1. The van der Waals surface area contributed by atoms with Gasteiger partial charge in [-0.25, -0.2) is 0 Å². The van der Waals surface area contributed by atoms with Crippen molar-refractivity contribution in [1.82, 2.24) is 4.90 Å². The van der Waals surface area contributed by atoms with Gasteiger partial charge in [-0.1, -0.05) is 0 Å². The molecule has 14 heteroatoms. The van der Waals surface area contributed by atoms with E-state index in [0.717, 1.165) is 0 Å². The third-order valence-corrected chi connectivity index (χ3v) is 3.14. The van der Waals surface area contributed by atoms with E-state index in [9.17, 15) is 19.8 Å². The first-order chi connectivity index (χ1) is 13.3. The molecule has 0 amide bonds.